The van der Waals surface area contributed by atoms with Gasteiger partial charge in [0.2, 0.25) is 0 Å². The fraction of sp³-hybridized carbons (Fsp3) is 0.636. The molecule has 2 nitrogen and oxygen atoms in total. The molecular formula is C11H18O2S. The number of hydrogen-bond acceptors (Lipinski definition) is 3. The summed E-state index contributed by atoms with van der Waals surface area (Å²) in [5.41, 5.74) is -0.947. The van der Waals surface area contributed by atoms with E-state index in [4.69, 9.17) is 0 Å². The summed E-state index contributed by atoms with van der Waals surface area (Å²) < 4.78 is 0. The van der Waals surface area contributed by atoms with Crippen LogP contribution in [0.25, 0.3) is 0 Å². The molecule has 1 aromatic heterocycles. The van der Waals surface area contributed by atoms with Gasteiger partial charge in [-0.2, -0.15) is 0 Å². The average Bonchev–Trinajstić information content (AvgIpc) is 2.66. The van der Waals surface area contributed by atoms with E-state index in [-0.39, 0.29) is 0 Å². The first kappa shape index (κ1) is 11.7. The van der Waals surface area contributed by atoms with Gasteiger partial charge in [-0.05, 0) is 37.6 Å². The van der Waals surface area contributed by atoms with Crippen molar-refractivity contribution in [3.8, 4) is 0 Å². The zero-order valence-electron chi connectivity index (χ0n) is 8.73. The van der Waals surface area contributed by atoms with Crippen molar-refractivity contribution in [1.82, 2.24) is 0 Å². The monoisotopic (exact) mass is 214 g/mol. The Morgan fingerprint density at radius 2 is 2.29 bits per heavy atom. The second kappa shape index (κ2) is 4.91. The summed E-state index contributed by atoms with van der Waals surface area (Å²) in [6, 6.07) is 4.06. The van der Waals surface area contributed by atoms with Gasteiger partial charge in [0.05, 0.1) is 11.7 Å². The number of thiophene rings is 1. The molecule has 0 amide bonds. The minimum atomic E-state index is -0.947. The summed E-state index contributed by atoms with van der Waals surface area (Å²) in [6.07, 6.45) is 1.42. The van der Waals surface area contributed by atoms with Gasteiger partial charge in [-0.3, -0.25) is 0 Å². The Balaban J connectivity index is 2.38. The molecule has 1 rings (SSSR count). The molecule has 1 aromatic rings. The van der Waals surface area contributed by atoms with Crippen LogP contribution in [0.5, 0.6) is 0 Å². The summed E-state index contributed by atoms with van der Waals surface area (Å²) in [7, 11) is 0. The maximum atomic E-state index is 9.77. The quantitative estimate of drug-likeness (QED) is 0.789. The predicted octanol–water partition coefficient (Wildman–Crippen LogP) is 2.20. The van der Waals surface area contributed by atoms with Gasteiger partial charge in [0.15, 0.2) is 0 Å². The van der Waals surface area contributed by atoms with Crippen LogP contribution in [0.1, 0.15) is 31.6 Å². The molecule has 2 atom stereocenters. The third-order valence-electron chi connectivity index (χ3n) is 2.68. The summed E-state index contributed by atoms with van der Waals surface area (Å²) in [6.45, 7) is 3.57. The Labute approximate surface area is 89.2 Å². The van der Waals surface area contributed by atoms with Crippen molar-refractivity contribution in [1.29, 1.82) is 0 Å². The van der Waals surface area contributed by atoms with Crippen molar-refractivity contribution in [2.24, 2.45) is 0 Å². The Bertz CT molecular complexity index is 254. The Morgan fingerprint density at radius 1 is 1.57 bits per heavy atom. The van der Waals surface area contributed by atoms with Gasteiger partial charge in [0, 0.05) is 4.88 Å². The highest BCUT2D eigenvalue weighted by Crippen LogP contribution is 2.20. The van der Waals surface area contributed by atoms with E-state index < -0.39 is 11.7 Å². The van der Waals surface area contributed by atoms with Crippen molar-refractivity contribution in [2.75, 3.05) is 0 Å². The van der Waals surface area contributed by atoms with Gasteiger partial charge in [-0.1, -0.05) is 13.0 Å². The van der Waals surface area contributed by atoms with Crippen molar-refractivity contribution in [3.63, 3.8) is 0 Å². The van der Waals surface area contributed by atoms with Crippen molar-refractivity contribution < 1.29 is 10.2 Å². The van der Waals surface area contributed by atoms with Crippen LogP contribution in [0.15, 0.2) is 17.5 Å². The molecule has 2 unspecified atom stereocenters. The Kier molecular flexibility index (Phi) is 4.11. The van der Waals surface area contributed by atoms with Gasteiger partial charge in [0.1, 0.15) is 0 Å². The SMILES string of the molecule is CCC(C)(O)C(O)CCc1cccs1. The molecule has 3 heteroatoms. The number of hydrogen-bond donors (Lipinski definition) is 2. The van der Waals surface area contributed by atoms with Crippen molar-refractivity contribution in [2.45, 2.75) is 44.8 Å². The minimum absolute atomic E-state index is 0.582. The van der Waals surface area contributed by atoms with Crippen LogP contribution in [-0.4, -0.2) is 21.9 Å². The van der Waals surface area contributed by atoms with Crippen LogP contribution in [0.4, 0.5) is 0 Å². The third-order valence-corrected chi connectivity index (χ3v) is 3.61. The van der Waals surface area contributed by atoms with E-state index in [0.29, 0.717) is 12.8 Å². The lowest BCUT2D eigenvalue weighted by Gasteiger charge is -2.27. The highest BCUT2D eigenvalue weighted by molar-refractivity contribution is 7.09. The Morgan fingerprint density at radius 3 is 2.79 bits per heavy atom. The molecule has 0 spiro atoms. The van der Waals surface area contributed by atoms with E-state index in [1.54, 1.807) is 18.3 Å². The standard InChI is InChI=1S/C11H18O2S/c1-3-11(2,13)10(12)7-6-9-5-4-8-14-9/h4-5,8,10,12-13H,3,6-7H2,1-2H3. The zero-order chi connectivity index (χ0) is 10.6. The highest BCUT2D eigenvalue weighted by atomic mass is 32.1. The van der Waals surface area contributed by atoms with Crippen LogP contribution in [0.3, 0.4) is 0 Å². The van der Waals surface area contributed by atoms with Crippen molar-refractivity contribution in [3.05, 3.63) is 22.4 Å². The van der Waals surface area contributed by atoms with E-state index in [2.05, 4.69) is 6.07 Å². The largest absolute Gasteiger partial charge is 0.390 e. The van der Waals surface area contributed by atoms with Gasteiger partial charge in [-0.25, -0.2) is 0 Å². The number of aryl methyl sites for hydroxylation is 1. The maximum absolute atomic E-state index is 9.77. The summed E-state index contributed by atoms with van der Waals surface area (Å²) in [5, 5.41) is 21.5. The molecular weight excluding hydrogens is 196 g/mol. The lowest BCUT2D eigenvalue weighted by molar-refractivity contribution is -0.0666. The molecule has 80 valence electrons. The molecule has 0 aliphatic heterocycles. The summed E-state index contributed by atoms with van der Waals surface area (Å²) in [5.74, 6) is 0. The fourth-order valence-electron chi connectivity index (χ4n) is 1.28. The third kappa shape index (κ3) is 3.08. The van der Waals surface area contributed by atoms with Crippen LogP contribution in [0, 0.1) is 0 Å². The van der Waals surface area contributed by atoms with E-state index in [1.165, 1.54) is 4.88 Å². The Hall–Kier alpha value is -0.380. The molecule has 2 N–H and O–H groups in total. The highest BCUT2D eigenvalue weighted by Gasteiger charge is 2.27. The fourth-order valence-corrected chi connectivity index (χ4v) is 2.01. The smallest absolute Gasteiger partial charge is 0.0875 e. The molecule has 0 saturated carbocycles. The van der Waals surface area contributed by atoms with Gasteiger partial charge < -0.3 is 10.2 Å². The average molecular weight is 214 g/mol. The van der Waals surface area contributed by atoms with Crippen LogP contribution in [-0.2, 0) is 6.42 Å². The van der Waals surface area contributed by atoms with E-state index >= 15 is 0 Å². The molecule has 0 radical (unpaired) electrons. The van der Waals surface area contributed by atoms with E-state index in [9.17, 15) is 10.2 Å². The first-order valence-electron chi connectivity index (χ1n) is 4.99. The molecule has 0 aliphatic carbocycles. The molecule has 0 aliphatic rings. The first-order valence-corrected chi connectivity index (χ1v) is 5.87. The maximum Gasteiger partial charge on any atom is 0.0875 e. The number of rotatable bonds is 5. The van der Waals surface area contributed by atoms with Crippen molar-refractivity contribution >= 4 is 11.3 Å². The number of aliphatic hydroxyl groups excluding tert-OH is 1. The molecule has 1 heterocycles. The normalized spacial score (nSPS) is 17.7. The van der Waals surface area contributed by atoms with Crippen LogP contribution < -0.4 is 0 Å². The second-order valence-electron chi connectivity index (χ2n) is 3.84. The van der Waals surface area contributed by atoms with E-state index in [1.807, 2.05) is 18.4 Å². The molecule has 0 aromatic carbocycles. The molecule has 0 saturated heterocycles. The topological polar surface area (TPSA) is 40.5 Å². The zero-order valence-corrected chi connectivity index (χ0v) is 9.55. The summed E-state index contributed by atoms with van der Waals surface area (Å²) >= 11 is 1.69. The summed E-state index contributed by atoms with van der Waals surface area (Å²) in [4.78, 5) is 1.26. The lowest BCUT2D eigenvalue weighted by atomic mass is 9.92. The minimum Gasteiger partial charge on any atom is -0.390 e. The molecule has 0 bridgehead atoms. The van der Waals surface area contributed by atoms with Gasteiger partial charge in [0.25, 0.3) is 0 Å². The molecule has 0 fully saturated rings. The van der Waals surface area contributed by atoms with Crippen LogP contribution in [0.2, 0.25) is 0 Å². The van der Waals surface area contributed by atoms with Gasteiger partial charge in [-0.15, -0.1) is 11.3 Å². The predicted molar refractivity (Wildman–Crippen MR) is 59.6 cm³/mol. The van der Waals surface area contributed by atoms with Gasteiger partial charge >= 0.3 is 0 Å². The van der Waals surface area contributed by atoms with E-state index in [0.717, 1.165) is 6.42 Å². The lowest BCUT2D eigenvalue weighted by Crippen LogP contribution is -2.38. The van der Waals surface area contributed by atoms with Crippen LogP contribution >= 0.6 is 11.3 Å². The number of aliphatic hydroxyl groups is 2. The molecule has 14 heavy (non-hydrogen) atoms. The second-order valence-corrected chi connectivity index (χ2v) is 4.88. The first-order chi connectivity index (χ1) is 6.56.